The molecule has 3 heteroatoms. The molecule has 0 bridgehead atoms. The van der Waals surface area contributed by atoms with Crippen molar-refractivity contribution in [2.24, 2.45) is 5.41 Å². The number of hydrogen-bond acceptors (Lipinski definition) is 2. The van der Waals surface area contributed by atoms with E-state index >= 15 is 0 Å². The topological polar surface area (TPSA) is 24.9 Å². The van der Waals surface area contributed by atoms with Crippen LogP contribution >= 0.6 is 15.9 Å². The molecule has 1 rings (SSSR count). The van der Waals surface area contributed by atoms with Crippen molar-refractivity contribution in [3.63, 3.8) is 0 Å². The molecule has 1 aromatic heterocycles. The molecular weight excluding hydrogens is 252 g/mol. The van der Waals surface area contributed by atoms with Crippen molar-refractivity contribution in [2.45, 2.75) is 33.7 Å². The quantitative estimate of drug-likeness (QED) is 0.671. The van der Waals surface area contributed by atoms with E-state index in [9.17, 15) is 0 Å². The van der Waals surface area contributed by atoms with Crippen LogP contribution < -0.4 is 5.32 Å². The monoisotopic (exact) mass is 270 g/mol. The SMILES string of the molecule is CC(C)(C)CCNCc1cccc(Br)n1. The first-order valence-corrected chi connectivity index (χ1v) is 6.09. The smallest absolute Gasteiger partial charge is 0.106 e. The number of rotatable bonds is 4. The lowest BCUT2D eigenvalue weighted by molar-refractivity contribution is 0.366. The van der Waals surface area contributed by atoms with Crippen molar-refractivity contribution < 1.29 is 0 Å². The molecule has 1 N–H and O–H groups in total. The highest BCUT2D eigenvalue weighted by Crippen LogP contribution is 2.17. The van der Waals surface area contributed by atoms with Gasteiger partial charge < -0.3 is 5.32 Å². The van der Waals surface area contributed by atoms with E-state index in [-0.39, 0.29) is 0 Å². The van der Waals surface area contributed by atoms with Crippen molar-refractivity contribution in [2.75, 3.05) is 6.54 Å². The average molecular weight is 271 g/mol. The molecule has 0 aliphatic heterocycles. The Labute approximate surface area is 101 Å². The number of nitrogens with one attached hydrogen (secondary N) is 1. The largest absolute Gasteiger partial charge is 0.311 e. The van der Waals surface area contributed by atoms with Crippen LogP contribution in [0.4, 0.5) is 0 Å². The van der Waals surface area contributed by atoms with Gasteiger partial charge in [-0.3, -0.25) is 0 Å². The molecule has 0 unspecified atom stereocenters. The van der Waals surface area contributed by atoms with Crippen molar-refractivity contribution in [1.29, 1.82) is 0 Å². The zero-order valence-corrected chi connectivity index (χ0v) is 11.3. The maximum Gasteiger partial charge on any atom is 0.106 e. The average Bonchev–Trinajstić information content (AvgIpc) is 2.11. The molecule has 0 amide bonds. The van der Waals surface area contributed by atoms with Crippen molar-refractivity contribution in [3.8, 4) is 0 Å². The Morgan fingerprint density at radius 3 is 2.67 bits per heavy atom. The first-order valence-electron chi connectivity index (χ1n) is 5.29. The van der Waals surface area contributed by atoms with Crippen LogP contribution in [-0.4, -0.2) is 11.5 Å². The number of aromatic nitrogens is 1. The van der Waals surface area contributed by atoms with Gasteiger partial charge in [-0.05, 0) is 46.4 Å². The Hall–Kier alpha value is -0.410. The lowest BCUT2D eigenvalue weighted by atomic mass is 9.92. The van der Waals surface area contributed by atoms with Crippen LogP contribution in [0.15, 0.2) is 22.8 Å². The van der Waals surface area contributed by atoms with Gasteiger partial charge in [-0.15, -0.1) is 0 Å². The van der Waals surface area contributed by atoms with Gasteiger partial charge in [0.15, 0.2) is 0 Å². The second-order valence-corrected chi connectivity index (χ2v) is 5.75. The summed E-state index contributed by atoms with van der Waals surface area (Å²) in [4.78, 5) is 4.36. The van der Waals surface area contributed by atoms with Gasteiger partial charge >= 0.3 is 0 Å². The molecule has 0 saturated heterocycles. The summed E-state index contributed by atoms with van der Waals surface area (Å²) in [6.45, 7) is 8.65. The molecule has 2 nitrogen and oxygen atoms in total. The van der Waals surface area contributed by atoms with Crippen LogP contribution in [0.2, 0.25) is 0 Å². The summed E-state index contributed by atoms with van der Waals surface area (Å²) in [7, 11) is 0. The highest BCUT2D eigenvalue weighted by molar-refractivity contribution is 9.10. The predicted octanol–water partition coefficient (Wildman–Crippen LogP) is 3.37. The highest BCUT2D eigenvalue weighted by atomic mass is 79.9. The maximum absolute atomic E-state index is 4.36. The Morgan fingerprint density at radius 2 is 2.07 bits per heavy atom. The fraction of sp³-hybridized carbons (Fsp3) is 0.583. The number of pyridine rings is 1. The fourth-order valence-corrected chi connectivity index (χ4v) is 1.61. The fourth-order valence-electron chi connectivity index (χ4n) is 1.23. The van der Waals surface area contributed by atoms with Gasteiger partial charge in [0.1, 0.15) is 4.60 Å². The third kappa shape index (κ3) is 5.90. The maximum atomic E-state index is 4.36. The molecule has 0 aliphatic rings. The van der Waals surface area contributed by atoms with E-state index in [0.29, 0.717) is 5.41 Å². The lowest BCUT2D eigenvalue weighted by Gasteiger charge is -2.17. The van der Waals surface area contributed by atoms with Gasteiger partial charge in [-0.25, -0.2) is 4.98 Å². The number of halogens is 1. The summed E-state index contributed by atoms with van der Waals surface area (Å²) in [5.41, 5.74) is 1.48. The number of nitrogens with zero attached hydrogens (tertiary/aromatic N) is 1. The van der Waals surface area contributed by atoms with Crippen LogP contribution in [0, 0.1) is 5.41 Å². The van der Waals surface area contributed by atoms with Gasteiger partial charge in [-0.2, -0.15) is 0 Å². The van der Waals surface area contributed by atoms with Gasteiger partial charge in [0, 0.05) is 6.54 Å². The first kappa shape index (κ1) is 12.7. The Bertz CT molecular complexity index is 305. The van der Waals surface area contributed by atoms with Crippen molar-refractivity contribution in [3.05, 3.63) is 28.5 Å². The van der Waals surface area contributed by atoms with Crippen LogP contribution in [0.25, 0.3) is 0 Å². The summed E-state index contributed by atoms with van der Waals surface area (Å²) in [5, 5.41) is 3.40. The standard InChI is InChI=1S/C12H19BrN2/c1-12(2,3)7-8-14-9-10-5-4-6-11(13)15-10/h4-6,14H,7-9H2,1-3H3. The normalized spacial score (nSPS) is 11.7. The van der Waals surface area contributed by atoms with E-state index in [1.54, 1.807) is 0 Å². The van der Waals surface area contributed by atoms with Gasteiger partial charge in [-0.1, -0.05) is 26.8 Å². The Balaban J connectivity index is 2.26. The van der Waals surface area contributed by atoms with E-state index in [0.717, 1.165) is 23.4 Å². The molecule has 0 aliphatic carbocycles. The van der Waals surface area contributed by atoms with E-state index in [4.69, 9.17) is 0 Å². The van der Waals surface area contributed by atoms with E-state index in [1.807, 2.05) is 18.2 Å². The first-order chi connectivity index (χ1) is 6.97. The minimum Gasteiger partial charge on any atom is -0.311 e. The molecule has 1 aromatic rings. The Kier molecular flexibility index (Phi) is 4.74. The van der Waals surface area contributed by atoms with Crippen molar-refractivity contribution >= 4 is 15.9 Å². The van der Waals surface area contributed by atoms with Gasteiger partial charge in [0.2, 0.25) is 0 Å². The molecule has 0 aromatic carbocycles. The van der Waals surface area contributed by atoms with Crippen LogP contribution in [0.3, 0.4) is 0 Å². The summed E-state index contributed by atoms with van der Waals surface area (Å²) < 4.78 is 0.901. The van der Waals surface area contributed by atoms with Crippen molar-refractivity contribution in [1.82, 2.24) is 10.3 Å². The summed E-state index contributed by atoms with van der Waals surface area (Å²) in [6, 6.07) is 5.99. The molecule has 0 fully saturated rings. The van der Waals surface area contributed by atoms with E-state index in [2.05, 4.69) is 47.0 Å². The summed E-state index contributed by atoms with van der Waals surface area (Å²) in [5.74, 6) is 0. The zero-order valence-electron chi connectivity index (χ0n) is 9.68. The molecule has 84 valence electrons. The summed E-state index contributed by atoms with van der Waals surface area (Å²) >= 11 is 3.36. The van der Waals surface area contributed by atoms with Crippen LogP contribution in [0.1, 0.15) is 32.9 Å². The van der Waals surface area contributed by atoms with Gasteiger partial charge in [0.05, 0.1) is 5.69 Å². The molecular formula is C12H19BrN2. The Morgan fingerprint density at radius 1 is 1.33 bits per heavy atom. The van der Waals surface area contributed by atoms with Crippen LogP contribution in [0.5, 0.6) is 0 Å². The molecule has 0 radical (unpaired) electrons. The van der Waals surface area contributed by atoms with E-state index in [1.165, 1.54) is 6.42 Å². The molecule has 0 atom stereocenters. The number of hydrogen-bond donors (Lipinski definition) is 1. The zero-order chi connectivity index (χ0) is 11.3. The minimum atomic E-state index is 0.400. The lowest BCUT2D eigenvalue weighted by Crippen LogP contribution is -2.20. The summed E-state index contributed by atoms with van der Waals surface area (Å²) in [6.07, 6.45) is 1.18. The molecule has 0 spiro atoms. The molecule has 15 heavy (non-hydrogen) atoms. The van der Waals surface area contributed by atoms with Crippen LogP contribution in [-0.2, 0) is 6.54 Å². The predicted molar refractivity (Wildman–Crippen MR) is 67.7 cm³/mol. The second kappa shape index (κ2) is 5.61. The molecule has 0 saturated carbocycles. The third-order valence-corrected chi connectivity index (χ3v) is 2.57. The highest BCUT2D eigenvalue weighted by Gasteiger charge is 2.08. The minimum absolute atomic E-state index is 0.400. The van der Waals surface area contributed by atoms with E-state index < -0.39 is 0 Å². The van der Waals surface area contributed by atoms with Gasteiger partial charge in [0.25, 0.3) is 0 Å². The second-order valence-electron chi connectivity index (χ2n) is 4.94. The molecule has 1 heterocycles. The third-order valence-electron chi connectivity index (χ3n) is 2.13.